The standard InChI is InChI=1S/C25H23N3O2/c1-17-10-11-24(30-3)19(13-17)16-28(2)25(29)21-14-23(18-7-6-12-26-15-18)27-22-9-5-4-8-20(21)22/h4-15H,16H2,1-3H3. The van der Waals surface area contributed by atoms with Crippen LogP contribution in [0.5, 0.6) is 5.75 Å². The summed E-state index contributed by atoms with van der Waals surface area (Å²) in [5, 5.41) is 0.832. The average molecular weight is 397 g/mol. The van der Waals surface area contributed by atoms with Crippen molar-refractivity contribution in [3.63, 3.8) is 0 Å². The summed E-state index contributed by atoms with van der Waals surface area (Å²) in [6.07, 6.45) is 3.48. The van der Waals surface area contributed by atoms with Gasteiger partial charge in [0.15, 0.2) is 0 Å². The van der Waals surface area contributed by atoms with Crippen molar-refractivity contribution in [3.8, 4) is 17.0 Å². The van der Waals surface area contributed by atoms with E-state index in [-0.39, 0.29) is 5.91 Å². The molecule has 5 heteroatoms. The molecule has 0 saturated heterocycles. The van der Waals surface area contributed by atoms with Gasteiger partial charge in [-0.05, 0) is 37.3 Å². The molecule has 0 fully saturated rings. The van der Waals surface area contributed by atoms with E-state index in [1.807, 2.05) is 74.6 Å². The number of hydrogen-bond acceptors (Lipinski definition) is 4. The fourth-order valence-electron chi connectivity index (χ4n) is 3.58. The summed E-state index contributed by atoms with van der Waals surface area (Å²) in [4.78, 5) is 24.1. The Morgan fingerprint density at radius 2 is 1.90 bits per heavy atom. The number of carbonyl (C=O) groups is 1. The van der Waals surface area contributed by atoms with Crippen LogP contribution in [0.1, 0.15) is 21.5 Å². The Morgan fingerprint density at radius 3 is 2.67 bits per heavy atom. The molecule has 0 aliphatic carbocycles. The average Bonchev–Trinajstić information content (AvgIpc) is 2.78. The smallest absolute Gasteiger partial charge is 0.254 e. The van der Waals surface area contributed by atoms with Gasteiger partial charge >= 0.3 is 0 Å². The molecule has 4 rings (SSSR count). The minimum atomic E-state index is -0.0673. The minimum Gasteiger partial charge on any atom is -0.496 e. The highest BCUT2D eigenvalue weighted by atomic mass is 16.5. The summed E-state index contributed by atoms with van der Waals surface area (Å²) in [5.41, 5.74) is 5.10. The normalized spacial score (nSPS) is 10.8. The number of benzene rings is 2. The lowest BCUT2D eigenvalue weighted by Gasteiger charge is -2.20. The van der Waals surface area contributed by atoms with Gasteiger partial charge in [0.1, 0.15) is 5.75 Å². The lowest BCUT2D eigenvalue weighted by Crippen LogP contribution is -2.26. The van der Waals surface area contributed by atoms with E-state index in [4.69, 9.17) is 9.72 Å². The van der Waals surface area contributed by atoms with Gasteiger partial charge in [0, 0.05) is 42.5 Å². The highest BCUT2D eigenvalue weighted by molar-refractivity contribution is 6.07. The van der Waals surface area contributed by atoms with Crippen molar-refractivity contribution in [3.05, 3.63) is 89.7 Å². The maximum Gasteiger partial charge on any atom is 0.254 e. The van der Waals surface area contributed by atoms with Gasteiger partial charge in [-0.15, -0.1) is 0 Å². The first-order chi connectivity index (χ1) is 14.6. The monoisotopic (exact) mass is 397 g/mol. The Kier molecular flexibility index (Phi) is 5.44. The molecule has 4 aromatic rings. The Bertz CT molecular complexity index is 1210. The molecule has 2 aromatic carbocycles. The van der Waals surface area contributed by atoms with E-state index < -0.39 is 0 Å². The van der Waals surface area contributed by atoms with E-state index in [1.54, 1.807) is 24.4 Å². The molecule has 150 valence electrons. The number of aromatic nitrogens is 2. The highest BCUT2D eigenvalue weighted by Gasteiger charge is 2.19. The zero-order chi connectivity index (χ0) is 21.1. The number of pyridine rings is 2. The Labute approximate surface area is 176 Å². The van der Waals surface area contributed by atoms with Crippen LogP contribution in [0, 0.1) is 6.92 Å². The van der Waals surface area contributed by atoms with Crippen molar-refractivity contribution in [2.24, 2.45) is 0 Å². The number of methoxy groups -OCH3 is 1. The third kappa shape index (κ3) is 3.87. The molecule has 0 unspecified atom stereocenters. The van der Waals surface area contributed by atoms with Crippen LogP contribution in [0.3, 0.4) is 0 Å². The highest BCUT2D eigenvalue weighted by Crippen LogP contribution is 2.27. The molecule has 0 spiro atoms. The molecule has 2 heterocycles. The zero-order valence-electron chi connectivity index (χ0n) is 17.3. The zero-order valence-corrected chi connectivity index (χ0v) is 17.3. The molecule has 1 amide bonds. The second-order valence-corrected chi connectivity index (χ2v) is 7.29. The van der Waals surface area contributed by atoms with Crippen LogP contribution >= 0.6 is 0 Å². The van der Waals surface area contributed by atoms with Crippen LogP contribution in [0.2, 0.25) is 0 Å². The van der Waals surface area contributed by atoms with Crippen LogP contribution < -0.4 is 4.74 Å². The molecule has 0 N–H and O–H groups in total. The molecular weight excluding hydrogens is 374 g/mol. The van der Waals surface area contributed by atoms with Crippen LogP contribution in [0.15, 0.2) is 73.1 Å². The fraction of sp³-hybridized carbons (Fsp3) is 0.160. The third-order valence-electron chi connectivity index (χ3n) is 5.09. The summed E-state index contributed by atoms with van der Waals surface area (Å²) < 4.78 is 5.48. The lowest BCUT2D eigenvalue weighted by molar-refractivity contribution is 0.0786. The number of aryl methyl sites for hydroxylation is 1. The molecule has 2 aromatic heterocycles. The van der Waals surface area contributed by atoms with Crippen molar-refractivity contribution in [2.75, 3.05) is 14.2 Å². The number of fused-ring (bicyclic) bond motifs is 1. The Hall–Kier alpha value is -3.73. The maximum absolute atomic E-state index is 13.5. The van der Waals surface area contributed by atoms with Gasteiger partial charge in [-0.3, -0.25) is 9.78 Å². The molecule has 5 nitrogen and oxygen atoms in total. The minimum absolute atomic E-state index is 0.0673. The number of nitrogens with zero attached hydrogens (tertiary/aromatic N) is 3. The van der Waals surface area contributed by atoms with Crippen molar-refractivity contribution in [2.45, 2.75) is 13.5 Å². The summed E-state index contributed by atoms with van der Waals surface area (Å²) >= 11 is 0. The Morgan fingerprint density at radius 1 is 1.07 bits per heavy atom. The van der Waals surface area contributed by atoms with Crippen LogP contribution in [0.4, 0.5) is 0 Å². The van der Waals surface area contributed by atoms with Gasteiger partial charge in [-0.1, -0.05) is 35.9 Å². The first-order valence-corrected chi connectivity index (χ1v) is 9.76. The van der Waals surface area contributed by atoms with Crippen molar-refractivity contribution in [1.29, 1.82) is 0 Å². The summed E-state index contributed by atoms with van der Waals surface area (Å²) in [7, 11) is 3.45. The van der Waals surface area contributed by atoms with Gasteiger partial charge in [-0.2, -0.15) is 0 Å². The van der Waals surface area contributed by atoms with Gasteiger partial charge in [-0.25, -0.2) is 4.98 Å². The van der Waals surface area contributed by atoms with Gasteiger partial charge in [0.2, 0.25) is 0 Å². The number of para-hydroxylation sites is 1. The van der Waals surface area contributed by atoms with Gasteiger partial charge in [0.05, 0.1) is 23.9 Å². The topological polar surface area (TPSA) is 55.3 Å². The van der Waals surface area contributed by atoms with Gasteiger partial charge in [0.25, 0.3) is 5.91 Å². The van der Waals surface area contributed by atoms with E-state index in [0.29, 0.717) is 12.1 Å². The van der Waals surface area contributed by atoms with Crippen LogP contribution in [0.25, 0.3) is 22.2 Å². The molecular formula is C25H23N3O2. The molecule has 0 atom stereocenters. The molecule has 30 heavy (non-hydrogen) atoms. The summed E-state index contributed by atoms with van der Waals surface area (Å²) in [6.45, 7) is 2.48. The molecule has 0 aliphatic heterocycles. The molecule has 0 radical (unpaired) electrons. The predicted molar refractivity (Wildman–Crippen MR) is 119 cm³/mol. The number of amides is 1. The second kappa shape index (κ2) is 8.33. The van der Waals surface area contributed by atoms with Gasteiger partial charge < -0.3 is 9.64 Å². The number of carbonyl (C=O) groups excluding carboxylic acids is 1. The van der Waals surface area contributed by atoms with Crippen LogP contribution in [-0.2, 0) is 6.54 Å². The largest absolute Gasteiger partial charge is 0.496 e. The summed E-state index contributed by atoms with van der Waals surface area (Å²) in [6, 6.07) is 19.4. The third-order valence-corrected chi connectivity index (χ3v) is 5.09. The summed E-state index contributed by atoms with van der Waals surface area (Å²) in [5.74, 6) is 0.707. The first kappa shape index (κ1) is 19.6. The number of ether oxygens (including phenoxy) is 1. The Balaban J connectivity index is 1.75. The quantitative estimate of drug-likeness (QED) is 0.481. The van der Waals surface area contributed by atoms with E-state index in [2.05, 4.69) is 4.98 Å². The first-order valence-electron chi connectivity index (χ1n) is 9.76. The lowest BCUT2D eigenvalue weighted by atomic mass is 10.0. The molecule has 0 aliphatic rings. The molecule has 0 bridgehead atoms. The maximum atomic E-state index is 13.5. The SMILES string of the molecule is COc1ccc(C)cc1CN(C)C(=O)c1cc(-c2cccnc2)nc2ccccc12. The van der Waals surface area contributed by atoms with E-state index in [9.17, 15) is 4.79 Å². The van der Waals surface area contributed by atoms with Crippen LogP contribution in [-0.4, -0.2) is 34.9 Å². The van der Waals surface area contributed by atoms with E-state index in [1.165, 1.54) is 0 Å². The predicted octanol–water partition coefficient (Wildman–Crippen LogP) is 4.89. The van der Waals surface area contributed by atoms with Crippen molar-refractivity contribution >= 4 is 16.8 Å². The number of rotatable bonds is 5. The van der Waals surface area contributed by atoms with E-state index in [0.717, 1.165) is 39.0 Å². The van der Waals surface area contributed by atoms with Crippen molar-refractivity contribution in [1.82, 2.24) is 14.9 Å². The molecule has 0 saturated carbocycles. The number of hydrogen-bond donors (Lipinski definition) is 0. The van der Waals surface area contributed by atoms with E-state index >= 15 is 0 Å². The second-order valence-electron chi connectivity index (χ2n) is 7.29. The fourth-order valence-corrected chi connectivity index (χ4v) is 3.58. The van der Waals surface area contributed by atoms with Crippen molar-refractivity contribution < 1.29 is 9.53 Å².